The number of hydrogen-bond acceptors (Lipinski definition) is 3. The van der Waals surface area contributed by atoms with Crippen molar-refractivity contribution >= 4 is 17.5 Å². The third-order valence-electron chi connectivity index (χ3n) is 3.98. The van der Waals surface area contributed by atoms with Gasteiger partial charge in [-0.25, -0.2) is 0 Å². The molecule has 2 rings (SSSR count). The first kappa shape index (κ1) is 16.3. The zero-order valence-electron chi connectivity index (χ0n) is 13.2. The predicted octanol–water partition coefficient (Wildman–Crippen LogP) is 2.72. The van der Waals surface area contributed by atoms with Crippen molar-refractivity contribution in [3.05, 3.63) is 24.3 Å². The highest BCUT2D eigenvalue weighted by Crippen LogP contribution is 2.23. The minimum atomic E-state index is -0.138. The fourth-order valence-electron chi connectivity index (χ4n) is 2.79. The molecule has 0 unspecified atom stereocenters. The van der Waals surface area contributed by atoms with Gasteiger partial charge in [0.1, 0.15) is 5.75 Å². The Morgan fingerprint density at radius 1 is 1.27 bits per heavy atom. The Morgan fingerprint density at radius 3 is 2.77 bits per heavy atom. The van der Waals surface area contributed by atoms with Crippen LogP contribution in [-0.2, 0) is 9.59 Å². The molecule has 2 atom stereocenters. The Bertz CT molecular complexity index is 530. The lowest BCUT2D eigenvalue weighted by Gasteiger charge is -2.29. The average Bonchev–Trinajstić information content (AvgIpc) is 2.47. The van der Waals surface area contributed by atoms with Gasteiger partial charge in [0.15, 0.2) is 6.61 Å². The summed E-state index contributed by atoms with van der Waals surface area (Å²) in [6.07, 6.45) is 4.64. The molecule has 0 saturated heterocycles. The fourth-order valence-corrected chi connectivity index (χ4v) is 2.79. The predicted molar refractivity (Wildman–Crippen MR) is 85.8 cm³/mol. The minimum Gasteiger partial charge on any atom is -0.484 e. The molecule has 120 valence electrons. The highest BCUT2D eigenvalue weighted by molar-refractivity contribution is 5.88. The minimum absolute atomic E-state index is 0.00720. The summed E-state index contributed by atoms with van der Waals surface area (Å²) in [6.45, 7) is 3.63. The summed E-state index contributed by atoms with van der Waals surface area (Å²) in [6, 6.07) is 7.29. The molecule has 0 aromatic heterocycles. The third-order valence-corrected chi connectivity index (χ3v) is 3.98. The molecule has 1 aromatic carbocycles. The summed E-state index contributed by atoms with van der Waals surface area (Å²) in [5.74, 6) is 0.865. The van der Waals surface area contributed by atoms with E-state index < -0.39 is 0 Å². The smallest absolute Gasteiger partial charge is 0.258 e. The molecule has 2 N–H and O–H groups in total. The van der Waals surface area contributed by atoms with Crippen molar-refractivity contribution < 1.29 is 14.3 Å². The quantitative estimate of drug-likeness (QED) is 0.879. The number of amides is 2. The van der Waals surface area contributed by atoms with Gasteiger partial charge in [-0.3, -0.25) is 9.59 Å². The van der Waals surface area contributed by atoms with Gasteiger partial charge in [-0.2, -0.15) is 0 Å². The van der Waals surface area contributed by atoms with Crippen LogP contribution in [0.5, 0.6) is 5.75 Å². The van der Waals surface area contributed by atoms with E-state index in [9.17, 15) is 9.59 Å². The van der Waals surface area contributed by atoms with Crippen molar-refractivity contribution in [1.29, 1.82) is 0 Å². The second kappa shape index (κ2) is 7.82. The molecule has 2 amide bonds. The van der Waals surface area contributed by atoms with Crippen LogP contribution in [0.4, 0.5) is 5.69 Å². The van der Waals surface area contributed by atoms with Crippen LogP contribution in [0.25, 0.3) is 0 Å². The zero-order chi connectivity index (χ0) is 15.9. The fraction of sp³-hybridized carbons (Fsp3) is 0.529. The maximum absolute atomic E-state index is 12.0. The number of carbonyl (C=O) groups is 2. The number of ether oxygens (including phenoxy) is 1. The third kappa shape index (κ3) is 5.06. The van der Waals surface area contributed by atoms with Gasteiger partial charge in [-0.05, 0) is 30.9 Å². The van der Waals surface area contributed by atoms with Gasteiger partial charge in [0.25, 0.3) is 5.91 Å². The van der Waals surface area contributed by atoms with E-state index in [4.69, 9.17) is 4.74 Å². The first-order valence-electron chi connectivity index (χ1n) is 7.84. The van der Waals surface area contributed by atoms with Crippen molar-refractivity contribution in [1.82, 2.24) is 5.32 Å². The number of carbonyl (C=O) groups excluding carboxylic acids is 2. The number of benzene rings is 1. The van der Waals surface area contributed by atoms with Crippen LogP contribution < -0.4 is 15.4 Å². The Balaban J connectivity index is 1.81. The Labute approximate surface area is 131 Å². The van der Waals surface area contributed by atoms with E-state index >= 15 is 0 Å². The van der Waals surface area contributed by atoms with Crippen molar-refractivity contribution in [2.75, 3.05) is 11.9 Å². The van der Waals surface area contributed by atoms with Gasteiger partial charge in [-0.15, -0.1) is 0 Å². The van der Waals surface area contributed by atoms with Gasteiger partial charge >= 0.3 is 0 Å². The van der Waals surface area contributed by atoms with E-state index in [2.05, 4.69) is 17.6 Å². The van der Waals surface area contributed by atoms with Gasteiger partial charge in [-0.1, -0.05) is 25.8 Å². The van der Waals surface area contributed by atoms with Crippen LogP contribution in [0.15, 0.2) is 24.3 Å². The van der Waals surface area contributed by atoms with E-state index in [1.165, 1.54) is 26.2 Å². The van der Waals surface area contributed by atoms with Crippen LogP contribution in [0.3, 0.4) is 0 Å². The van der Waals surface area contributed by atoms with Crippen LogP contribution in [0.2, 0.25) is 0 Å². The molecule has 0 radical (unpaired) electrons. The summed E-state index contributed by atoms with van der Waals surface area (Å²) in [5, 5.41) is 5.74. The Hall–Kier alpha value is -2.04. The van der Waals surface area contributed by atoms with Gasteiger partial charge in [0.05, 0.1) is 0 Å². The lowest BCUT2D eigenvalue weighted by atomic mass is 9.86. The highest BCUT2D eigenvalue weighted by atomic mass is 16.5. The monoisotopic (exact) mass is 304 g/mol. The Kier molecular flexibility index (Phi) is 5.81. The molecule has 1 aromatic rings. The number of hydrogen-bond donors (Lipinski definition) is 2. The van der Waals surface area contributed by atoms with Crippen molar-refractivity contribution in [2.24, 2.45) is 5.92 Å². The van der Waals surface area contributed by atoms with E-state index in [-0.39, 0.29) is 24.5 Å². The summed E-state index contributed by atoms with van der Waals surface area (Å²) < 4.78 is 5.50. The molecule has 1 aliphatic carbocycles. The largest absolute Gasteiger partial charge is 0.484 e. The first-order valence-corrected chi connectivity index (χ1v) is 7.84. The number of nitrogens with one attached hydrogen (secondary N) is 2. The van der Waals surface area contributed by atoms with Crippen LogP contribution in [-0.4, -0.2) is 24.5 Å². The van der Waals surface area contributed by atoms with Crippen molar-refractivity contribution in [3.8, 4) is 5.75 Å². The molecule has 1 aliphatic rings. The second-order valence-corrected chi connectivity index (χ2v) is 5.93. The number of anilines is 1. The molecular weight excluding hydrogens is 280 g/mol. The molecule has 0 aliphatic heterocycles. The summed E-state index contributed by atoms with van der Waals surface area (Å²) in [5.41, 5.74) is 0.659. The average molecular weight is 304 g/mol. The second-order valence-electron chi connectivity index (χ2n) is 5.93. The van der Waals surface area contributed by atoms with Crippen LogP contribution in [0.1, 0.15) is 39.5 Å². The maximum Gasteiger partial charge on any atom is 0.258 e. The summed E-state index contributed by atoms with van der Waals surface area (Å²) in [4.78, 5) is 23.0. The number of rotatable bonds is 5. The molecule has 0 spiro atoms. The van der Waals surface area contributed by atoms with E-state index in [1.54, 1.807) is 24.3 Å². The molecular formula is C17H24N2O3. The molecule has 5 heteroatoms. The lowest BCUT2D eigenvalue weighted by Crippen LogP contribution is -2.43. The van der Waals surface area contributed by atoms with Crippen molar-refractivity contribution in [2.45, 2.75) is 45.6 Å². The van der Waals surface area contributed by atoms with Gasteiger partial charge in [0, 0.05) is 24.7 Å². The molecule has 1 fully saturated rings. The highest BCUT2D eigenvalue weighted by Gasteiger charge is 2.22. The maximum atomic E-state index is 12.0. The molecule has 22 heavy (non-hydrogen) atoms. The van der Waals surface area contributed by atoms with Crippen molar-refractivity contribution in [3.63, 3.8) is 0 Å². The van der Waals surface area contributed by atoms with Gasteiger partial charge in [0.2, 0.25) is 5.91 Å². The molecule has 0 bridgehead atoms. The molecule has 0 heterocycles. The molecule has 1 saturated carbocycles. The normalized spacial score (nSPS) is 21.0. The Morgan fingerprint density at radius 2 is 2.05 bits per heavy atom. The van der Waals surface area contributed by atoms with E-state index in [1.807, 2.05) is 0 Å². The SMILES string of the molecule is CC(=O)Nc1cccc(OCC(=O)N[C@@H]2CCCC[C@@H]2C)c1. The summed E-state index contributed by atoms with van der Waals surface area (Å²) in [7, 11) is 0. The van der Waals surface area contributed by atoms with Crippen LogP contribution >= 0.6 is 0 Å². The first-order chi connectivity index (χ1) is 10.5. The van der Waals surface area contributed by atoms with E-state index in [0.717, 1.165) is 6.42 Å². The van der Waals surface area contributed by atoms with Crippen LogP contribution in [0, 0.1) is 5.92 Å². The van der Waals surface area contributed by atoms with E-state index in [0.29, 0.717) is 17.4 Å². The summed E-state index contributed by atoms with van der Waals surface area (Å²) >= 11 is 0. The zero-order valence-corrected chi connectivity index (χ0v) is 13.2. The molecule has 5 nitrogen and oxygen atoms in total. The van der Waals surface area contributed by atoms with Gasteiger partial charge < -0.3 is 15.4 Å². The topological polar surface area (TPSA) is 67.4 Å². The standard InChI is InChI=1S/C17H24N2O3/c1-12-6-3-4-9-16(12)19-17(21)11-22-15-8-5-7-14(10-15)18-13(2)20/h5,7-8,10,12,16H,3-4,6,9,11H2,1-2H3,(H,18,20)(H,19,21)/t12-,16+/m0/s1. The lowest BCUT2D eigenvalue weighted by molar-refractivity contribution is -0.124.